The molecule has 84 valence electrons. The zero-order chi connectivity index (χ0) is 11.3. The topological polar surface area (TPSA) is 40.5 Å². The van der Waals surface area contributed by atoms with Gasteiger partial charge in [0.15, 0.2) is 0 Å². The van der Waals surface area contributed by atoms with Gasteiger partial charge in [-0.3, -0.25) is 9.69 Å². The monoisotopic (exact) mass is 209 g/mol. The van der Waals surface area contributed by atoms with Gasteiger partial charge in [0, 0.05) is 6.54 Å². The van der Waals surface area contributed by atoms with E-state index in [1.54, 1.807) is 6.92 Å². The molecule has 1 aliphatic rings. The van der Waals surface area contributed by atoms with E-state index in [9.17, 15) is 9.90 Å². The molecule has 0 aromatic carbocycles. The summed E-state index contributed by atoms with van der Waals surface area (Å²) in [5.41, 5.74) is -0.640. The predicted octanol–water partition coefficient (Wildman–Crippen LogP) is 1.73. The van der Waals surface area contributed by atoms with Gasteiger partial charge in [-0.1, -0.05) is 19.3 Å². The first kappa shape index (κ1) is 12.1. The van der Waals surface area contributed by atoms with E-state index < -0.39 is 11.5 Å². The van der Waals surface area contributed by atoms with E-state index in [1.807, 2.05) is 11.8 Å². The molecular formula is C12H19NO2. The number of carbonyl (C=O) groups is 1. The van der Waals surface area contributed by atoms with Gasteiger partial charge in [-0.15, -0.1) is 5.92 Å². The third kappa shape index (κ3) is 2.32. The first-order valence-electron chi connectivity index (χ1n) is 5.55. The molecule has 0 aromatic rings. The van der Waals surface area contributed by atoms with Crippen LogP contribution in [0.25, 0.3) is 0 Å². The van der Waals surface area contributed by atoms with E-state index in [-0.39, 0.29) is 0 Å². The van der Waals surface area contributed by atoms with Crippen LogP contribution < -0.4 is 0 Å². The Balaban J connectivity index is 2.82. The minimum atomic E-state index is -0.681. The zero-order valence-electron chi connectivity index (χ0n) is 9.55. The number of carboxylic acids is 1. The maximum absolute atomic E-state index is 11.4. The Bertz CT molecular complexity index is 290. The molecule has 1 atom stereocenters. The Morgan fingerprint density at radius 2 is 2.33 bits per heavy atom. The maximum Gasteiger partial charge on any atom is 0.324 e. The molecule has 0 bridgehead atoms. The molecule has 3 heteroatoms. The van der Waals surface area contributed by atoms with Crippen molar-refractivity contribution in [3.63, 3.8) is 0 Å². The minimum absolute atomic E-state index is 0.586. The van der Waals surface area contributed by atoms with Crippen LogP contribution in [0.2, 0.25) is 0 Å². The molecule has 1 aliphatic heterocycles. The van der Waals surface area contributed by atoms with Crippen LogP contribution in [-0.2, 0) is 4.79 Å². The summed E-state index contributed by atoms with van der Waals surface area (Å²) in [4.78, 5) is 13.4. The van der Waals surface area contributed by atoms with Gasteiger partial charge < -0.3 is 5.11 Å². The summed E-state index contributed by atoms with van der Waals surface area (Å²) in [7, 11) is 0. The second-order valence-corrected chi connectivity index (χ2v) is 4.04. The fraction of sp³-hybridized carbons (Fsp3) is 0.750. The largest absolute Gasteiger partial charge is 0.480 e. The molecule has 0 aromatic heterocycles. The van der Waals surface area contributed by atoms with E-state index in [4.69, 9.17) is 0 Å². The van der Waals surface area contributed by atoms with Crippen molar-refractivity contribution in [2.75, 3.05) is 13.1 Å². The quantitative estimate of drug-likeness (QED) is 0.717. The van der Waals surface area contributed by atoms with Crippen LogP contribution in [0.15, 0.2) is 0 Å². The van der Waals surface area contributed by atoms with Crippen molar-refractivity contribution in [1.82, 2.24) is 4.90 Å². The van der Waals surface area contributed by atoms with Crippen LogP contribution in [0.4, 0.5) is 0 Å². The predicted molar refractivity (Wildman–Crippen MR) is 59.5 cm³/mol. The van der Waals surface area contributed by atoms with Crippen LogP contribution in [-0.4, -0.2) is 34.6 Å². The highest BCUT2D eigenvalue weighted by molar-refractivity contribution is 5.79. The standard InChI is InChI=1S/C12H19NO2/c1-3-5-9-13-10-6-8-12(13,7-4-2)11(14)15/h4,6-10H2,1-2H3,(H,14,15). The molecule has 1 N–H and O–H groups in total. The average Bonchev–Trinajstić information content (AvgIpc) is 2.60. The van der Waals surface area contributed by atoms with Gasteiger partial charge in [0.2, 0.25) is 0 Å². The number of aliphatic carboxylic acids is 1. The van der Waals surface area contributed by atoms with Gasteiger partial charge in [-0.05, 0) is 26.2 Å². The molecule has 1 saturated heterocycles. The summed E-state index contributed by atoms with van der Waals surface area (Å²) in [5.74, 6) is 5.12. The van der Waals surface area contributed by atoms with Gasteiger partial charge >= 0.3 is 5.97 Å². The van der Waals surface area contributed by atoms with Gasteiger partial charge in [0.25, 0.3) is 0 Å². The molecule has 1 rings (SSSR count). The first-order valence-corrected chi connectivity index (χ1v) is 5.55. The highest BCUT2D eigenvalue weighted by Crippen LogP contribution is 2.33. The van der Waals surface area contributed by atoms with Crippen LogP contribution in [0.5, 0.6) is 0 Å². The van der Waals surface area contributed by atoms with Crippen LogP contribution in [0.3, 0.4) is 0 Å². The van der Waals surface area contributed by atoms with E-state index in [2.05, 4.69) is 11.8 Å². The number of rotatable bonds is 4. The van der Waals surface area contributed by atoms with Crippen molar-refractivity contribution < 1.29 is 9.90 Å². The zero-order valence-corrected chi connectivity index (χ0v) is 9.55. The van der Waals surface area contributed by atoms with Crippen molar-refractivity contribution in [2.24, 2.45) is 0 Å². The Morgan fingerprint density at radius 1 is 1.60 bits per heavy atom. The summed E-state index contributed by atoms with van der Waals surface area (Å²) in [6.07, 6.45) is 3.37. The lowest BCUT2D eigenvalue weighted by Crippen LogP contribution is -2.50. The van der Waals surface area contributed by atoms with Crippen LogP contribution in [0.1, 0.15) is 39.5 Å². The fourth-order valence-electron chi connectivity index (χ4n) is 2.39. The van der Waals surface area contributed by atoms with Crippen molar-refractivity contribution in [3.8, 4) is 11.8 Å². The summed E-state index contributed by atoms with van der Waals surface area (Å²) in [6, 6.07) is 0. The van der Waals surface area contributed by atoms with Gasteiger partial charge in [-0.2, -0.15) is 0 Å². The van der Waals surface area contributed by atoms with Gasteiger partial charge in [0.05, 0.1) is 6.54 Å². The summed E-state index contributed by atoms with van der Waals surface area (Å²) >= 11 is 0. The second-order valence-electron chi connectivity index (χ2n) is 4.04. The molecule has 1 heterocycles. The van der Waals surface area contributed by atoms with Gasteiger partial charge in [-0.25, -0.2) is 0 Å². The van der Waals surface area contributed by atoms with Crippen molar-refractivity contribution in [1.29, 1.82) is 0 Å². The van der Waals surface area contributed by atoms with E-state index in [0.717, 1.165) is 32.2 Å². The first-order chi connectivity index (χ1) is 7.17. The highest BCUT2D eigenvalue weighted by Gasteiger charge is 2.46. The Hall–Kier alpha value is -1.01. The number of hydrogen-bond donors (Lipinski definition) is 1. The molecule has 0 aliphatic carbocycles. The lowest BCUT2D eigenvalue weighted by Gasteiger charge is -2.33. The van der Waals surface area contributed by atoms with Gasteiger partial charge in [0.1, 0.15) is 5.54 Å². The van der Waals surface area contributed by atoms with Crippen LogP contribution in [0, 0.1) is 11.8 Å². The molecule has 0 amide bonds. The second kappa shape index (κ2) is 5.18. The molecule has 0 radical (unpaired) electrons. The molecule has 1 fully saturated rings. The molecule has 1 unspecified atom stereocenters. The SMILES string of the molecule is CC#CCN1CCCC1(CCC)C(=O)O. The summed E-state index contributed by atoms with van der Waals surface area (Å²) in [6.45, 7) is 5.27. The third-order valence-electron chi connectivity index (χ3n) is 3.13. The Morgan fingerprint density at radius 3 is 2.87 bits per heavy atom. The normalized spacial score (nSPS) is 26.0. The Labute approximate surface area is 91.5 Å². The lowest BCUT2D eigenvalue weighted by atomic mass is 9.91. The number of hydrogen-bond acceptors (Lipinski definition) is 2. The molecule has 0 saturated carbocycles. The molecule has 3 nitrogen and oxygen atoms in total. The molecule has 0 spiro atoms. The maximum atomic E-state index is 11.4. The van der Waals surface area contributed by atoms with Crippen molar-refractivity contribution in [2.45, 2.75) is 45.1 Å². The minimum Gasteiger partial charge on any atom is -0.480 e. The third-order valence-corrected chi connectivity index (χ3v) is 3.13. The smallest absolute Gasteiger partial charge is 0.324 e. The highest BCUT2D eigenvalue weighted by atomic mass is 16.4. The number of carboxylic acid groups (broad SMARTS) is 1. The summed E-state index contributed by atoms with van der Waals surface area (Å²) < 4.78 is 0. The molecule has 15 heavy (non-hydrogen) atoms. The van der Waals surface area contributed by atoms with Crippen LogP contribution >= 0.6 is 0 Å². The van der Waals surface area contributed by atoms with E-state index in [0.29, 0.717) is 6.54 Å². The number of likely N-dealkylation sites (tertiary alicyclic amines) is 1. The number of nitrogens with zero attached hydrogens (tertiary/aromatic N) is 1. The summed E-state index contributed by atoms with van der Waals surface area (Å²) in [5, 5.41) is 9.37. The Kier molecular flexibility index (Phi) is 4.16. The van der Waals surface area contributed by atoms with E-state index >= 15 is 0 Å². The lowest BCUT2D eigenvalue weighted by molar-refractivity contribution is -0.149. The van der Waals surface area contributed by atoms with Crippen molar-refractivity contribution in [3.05, 3.63) is 0 Å². The fourth-order valence-corrected chi connectivity index (χ4v) is 2.39. The van der Waals surface area contributed by atoms with Crippen molar-refractivity contribution >= 4 is 5.97 Å². The molecular weight excluding hydrogens is 190 g/mol. The van der Waals surface area contributed by atoms with E-state index in [1.165, 1.54) is 0 Å². The average molecular weight is 209 g/mol.